The molecule has 0 radical (unpaired) electrons. The van der Waals surface area contributed by atoms with Gasteiger partial charge in [0.15, 0.2) is 0 Å². The summed E-state index contributed by atoms with van der Waals surface area (Å²) >= 11 is 12.1. The molecule has 17 heavy (non-hydrogen) atoms. The molecule has 1 aliphatic carbocycles. The number of hydrogen-bond acceptors (Lipinski definition) is 1. The quantitative estimate of drug-likeness (QED) is 0.729. The van der Waals surface area contributed by atoms with Crippen LogP contribution in [0.2, 0.25) is 10.0 Å². The lowest BCUT2D eigenvalue weighted by Crippen LogP contribution is -2.13. The average Bonchev–Trinajstić information content (AvgIpc) is 2.59. The van der Waals surface area contributed by atoms with Crippen molar-refractivity contribution in [3.05, 3.63) is 28.2 Å². The van der Waals surface area contributed by atoms with Gasteiger partial charge in [0.2, 0.25) is 0 Å². The Morgan fingerprint density at radius 1 is 1.06 bits per heavy atom. The topological polar surface area (TPSA) is 12.0 Å². The van der Waals surface area contributed by atoms with Crippen LogP contribution in [0, 0.1) is 5.92 Å². The Hall–Kier alpha value is -0.400. The van der Waals surface area contributed by atoms with Crippen molar-refractivity contribution in [3.8, 4) is 0 Å². The zero-order valence-electron chi connectivity index (χ0n) is 10.0. The van der Waals surface area contributed by atoms with Crippen molar-refractivity contribution in [3.63, 3.8) is 0 Å². The van der Waals surface area contributed by atoms with E-state index in [4.69, 9.17) is 23.2 Å². The molecule has 1 saturated carbocycles. The predicted octanol–water partition coefficient (Wildman–Crippen LogP) is 5.38. The summed E-state index contributed by atoms with van der Waals surface area (Å²) in [6.07, 6.45) is 8.21. The number of nitrogens with one attached hydrogen (secondary N) is 1. The van der Waals surface area contributed by atoms with Crippen LogP contribution in [0.25, 0.3) is 0 Å². The maximum Gasteiger partial charge on any atom is 0.0638 e. The molecule has 3 heteroatoms. The third-order valence-corrected chi connectivity index (χ3v) is 4.05. The highest BCUT2D eigenvalue weighted by atomic mass is 35.5. The molecule has 0 unspecified atom stereocenters. The van der Waals surface area contributed by atoms with Gasteiger partial charge in [-0.25, -0.2) is 0 Å². The normalized spacial score (nSPS) is 17.8. The fraction of sp³-hybridized carbons (Fsp3) is 0.571. The first-order chi connectivity index (χ1) is 8.25. The van der Waals surface area contributed by atoms with Crippen LogP contribution >= 0.6 is 23.2 Å². The largest absolute Gasteiger partial charge is 0.384 e. The van der Waals surface area contributed by atoms with E-state index in [0.29, 0.717) is 0 Å². The van der Waals surface area contributed by atoms with Gasteiger partial charge in [0.1, 0.15) is 0 Å². The van der Waals surface area contributed by atoms with Crippen LogP contribution in [0.4, 0.5) is 5.69 Å². The average molecular weight is 272 g/mol. The molecule has 0 aliphatic heterocycles. The van der Waals surface area contributed by atoms with Gasteiger partial charge in [-0.15, -0.1) is 0 Å². The van der Waals surface area contributed by atoms with Crippen LogP contribution < -0.4 is 5.32 Å². The SMILES string of the molecule is Clc1ccc(Cl)c(NCC2CCCCCC2)c1. The van der Waals surface area contributed by atoms with Gasteiger partial charge >= 0.3 is 0 Å². The summed E-state index contributed by atoms with van der Waals surface area (Å²) in [5.74, 6) is 0.785. The summed E-state index contributed by atoms with van der Waals surface area (Å²) in [5.41, 5.74) is 0.961. The Bertz CT molecular complexity index is 357. The van der Waals surface area contributed by atoms with Gasteiger partial charge < -0.3 is 5.32 Å². The number of halogens is 2. The van der Waals surface area contributed by atoms with E-state index in [1.165, 1.54) is 38.5 Å². The second-order valence-corrected chi connectivity index (χ2v) is 5.71. The van der Waals surface area contributed by atoms with Crippen molar-refractivity contribution in [1.29, 1.82) is 0 Å². The van der Waals surface area contributed by atoms with Crippen molar-refractivity contribution in [1.82, 2.24) is 0 Å². The van der Waals surface area contributed by atoms with Crippen molar-refractivity contribution in [2.45, 2.75) is 38.5 Å². The van der Waals surface area contributed by atoms with E-state index < -0.39 is 0 Å². The zero-order valence-corrected chi connectivity index (χ0v) is 11.5. The van der Waals surface area contributed by atoms with Gasteiger partial charge in [0.05, 0.1) is 10.7 Å². The molecule has 1 nitrogen and oxygen atoms in total. The second kappa shape index (κ2) is 6.51. The Morgan fingerprint density at radius 2 is 1.76 bits per heavy atom. The lowest BCUT2D eigenvalue weighted by molar-refractivity contribution is 0.483. The molecule has 0 heterocycles. The molecule has 1 aliphatic rings. The van der Waals surface area contributed by atoms with E-state index in [2.05, 4.69) is 5.32 Å². The molecule has 0 saturated heterocycles. The van der Waals surface area contributed by atoms with Crippen molar-refractivity contribution >= 4 is 28.9 Å². The Morgan fingerprint density at radius 3 is 2.47 bits per heavy atom. The van der Waals surface area contributed by atoms with E-state index in [1.807, 2.05) is 18.2 Å². The summed E-state index contributed by atoms with van der Waals surface area (Å²) in [4.78, 5) is 0. The third-order valence-electron chi connectivity index (χ3n) is 3.48. The first kappa shape index (κ1) is 13.0. The lowest BCUT2D eigenvalue weighted by Gasteiger charge is -2.16. The van der Waals surface area contributed by atoms with Crippen molar-refractivity contribution in [2.24, 2.45) is 5.92 Å². The van der Waals surface area contributed by atoms with E-state index >= 15 is 0 Å². The molecular formula is C14H19Cl2N. The summed E-state index contributed by atoms with van der Waals surface area (Å²) in [6.45, 7) is 1.01. The number of rotatable bonds is 3. The zero-order chi connectivity index (χ0) is 12.1. The lowest BCUT2D eigenvalue weighted by atomic mass is 10.0. The molecule has 0 aromatic heterocycles. The Balaban J connectivity index is 1.89. The summed E-state index contributed by atoms with van der Waals surface area (Å²) < 4.78 is 0. The maximum atomic E-state index is 6.13. The second-order valence-electron chi connectivity index (χ2n) is 4.86. The first-order valence-electron chi connectivity index (χ1n) is 6.44. The van der Waals surface area contributed by atoms with Crippen LogP contribution in [0.3, 0.4) is 0 Å². The van der Waals surface area contributed by atoms with Gasteiger partial charge in [0, 0.05) is 11.6 Å². The molecule has 0 atom stereocenters. The molecule has 0 amide bonds. The molecule has 94 valence electrons. The standard InChI is InChI=1S/C14H19Cl2N/c15-12-7-8-13(16)14(9-12)17-10-11-5-3-1-2-4-6-11/h7-9,11,17H,1-6,10H2. The Labute approximate surface area is 114 Å². The highest BCUT2D eigenvalue weighted by molar-refractivity contribution is 6.35. The van der Waals surface area contributed by atoms with E-state index in [1.54, 1.807) is 0 Å². The number of benzene rings is 1. The Kier molecular flexibility index (Phi) is 4.99. The van der Waals surface area contributed by atoms with Gasteiger partial charge in [0.25, 0.3) is 0 Å². The van der Waals surface area contributed by atoms with Gasteiger partial charge in [-0.1, -0.05) is 48.9 Å². The highest BCUT2D eigenvalue weighted by Gasteiger charge is 2.12. The fourth-order valence-corrected chi connectivity index (χ4v) is 2.81. The summed E-state index contributed by atoms with van der Waals surface area (Å²) in [6, 6.07) is 5.57. The van der Waals surface area contributed by atoms with Gasteiger partial charge in [-0.05, 0) is 37.0 Å². The van der Waals surface area contributed by atoms with E-state index in [-0.39, 0.29) is 0 Å². The molecular weight excluding hydrogens is 253 g/mol. The van der Waals surface area contributed by atoms with Gasteiger partial charge in [-0.3, -0.25) is 0 Å². The maximum absolute atomic E-state index is 6.13. The summed E-state index contributed by atoms with van der Waals surface area (Å²) in [5, 5.41) is 4.92. The molecule has 1 fully saturated rings. The van der Waals surface area contributed by atoms with E-state index in [0.717, 1.165) is 28.2 Å². The predicted molar refractivity (Wildman–Crippen MR) is 76.1 cm³/mol. The third kappa shape index (κ3) is 4.08. The molecule has 0 bridgehead atoms. The van der Waals surface area contributed by atoms with Crippen LogP contribution in [-0.2, 0) is 0 Å². The molecule has 1 aromatic rings. The van der Waals surface area contributed by atoms with Crippen LogP contribution in [0.15, 0.2) is 18.2 Å². The minimum Gasteiger partial charge on any atom is -0.384 e. The molecule has 1 N–H and O–H groups in total. The summed E-state index contributed by atoms with van der Waals surface area (Å²) in [7, 11) is 0. The number of anilines is 1. The van der Waals surface area contributed by atoms with Crippen LogP contribution in [0.1, 0.15) is 38.5 Å². The fourth-order valence-electron chi connectivity index (χ4n) is 2.46. The number of hydrogen-bond donors (Lipinski definition) is 1. The molecule has 0 spiro atoms. The highest BCUT2D eigenvalue weighted by Crippen LogP contribution is 2.27. The molecule has 1 aromatic carbocycles. The van der Waals surface area contributed by atoms with Crippen LogP contribution in [-0.4, -0.2) is 6.54 Å². The minimum atomic E-state index is 0.734. The van der Waals surface area contributed by atoms with Crippen LogP contribution in [0.5, 0.6) is 0 Å². The van der Waals surface area contributed by atoms with E-state index in [9.17, 15) is 0 Å². The minimum absolute atomic E-state index is 0.734. The van der Waals surface area contributed by atoms with Crippen molar-refractivity contribution in [2.75, 3.05) is 11.9 Å². The smallest absolute Gasteiger partial charge is 0.0638 e. The molecule has 2 rings (SSSR count). The first-order valence-corrected chi connectivity index (χ1v) is 7.20. The van der Waals surface area contributed by atoms with Crippen molar-refractivity contribution < 1.29 is 0 Å². The van der Waals surface area contributed by atoms with Gasteiger partial charge in [-0.2, -0.15) is 0 Å². The monoisotopic (exact) mass is 271 g/mol.